The zero-order valence-corrected chi connectivity index (χ0v) is 17.6. The van der Waals surface area contributed by atoms with Crippen LogP contribution in [0.4, 0.5) is 5.69 Å². The molecule has 0 aliphatic carbocycles. The van der Waals surface area contributed by atoms with Crippen LogP contribution < -0.4 is 14.8 Å². The molecule has 1 aliphatic heterocycles. The Hall–Kier alpha value is -3.32. The number of benzene rings is 2. The van der Waals surface area contributed by atoms with Crippen molar-refractivity contribution in [2.75, 3.05) is 19.5 Å². The van der Waals surface area contributed by atoms with Crippen LogP contribution in [0.1, 0.15) is 33.3 Å². The molecule has 2 heterocycles. The minimum Gasteiger partial charge on any atom is -0.493 e. The minimum absolute atomic E-state index is 0.0390. The second-order valence-corrected chi connectivity index (χ2v) is 7.92. The van der Waals surface area contributed by atoms with E-state index in [0.717, 1.165) is 10.4 Å². The lowest BCUT2D eigenvalue weighted by molar-refractivity contribution is -0.117. The van der Waals surface area contributed by atoms with Gasteiger partial charge in [0.05, 0.1) is 26.7 Å². The first-order valence-corrected chi connectivity index (χ1v) is 10.4. The molecule has 0 unspecified atom stereocenters. The third-order valence-corrected chi connectivity index (χ3v) is 6.12. The summed E-state index contributed by atoms with van der Waals surface area (Å²) in [5.74, 6) is 0.912. The van der Waals surface area contributed by atoms with Crippen molar-refractivity contribution in [1.29, 1.82) is 0 Å². The van der Waals surface area contributed by atoms with E-state index in [1.165, 1.54) is 0 Å². The number of amides is 2. The van der Waals surface area contributed by atoms with E-state index in [9.17, 15) is 9.59 Å². The fourth-order valence-corrected chi connectivity index (χ4v) is 4.51. The second-order valence-electron chi connectivity index (χ2n) is 6.94. The predicted molar refractivity (Wildman–Crippen MR) is 116 cm³/mol. The van der Waals surface area contributed by atoms with Gasteiger partial charge in [0.2, 0.25) is 5.91 Å². The number of nitrogens with one attached hydrogen (secondary N) is 1. The summed E-state index contributed by atoms with van der Waals surface area (Å²) in [6, 6.07) is 16.4. The first-order chi connectivity index (χ1) is 14.6. The van der Waals surface area contributed by atoms with E-state index in [-0.39, 0.29) is 24.3 Å². The maximum Gasteiger partial charge on any atom is 0.255 e. The number of rotatable bonds is 7. The fourth-order valence-electron chi connectivity index (χ4n) is 3.68. The Morgan fingerprint density at radius 1 is 1.10 bits per heavy atom. The van der Waals surface area contributed by atoms with E-state index < -0.39 is 0 Å². The van der Waals surface area contributed by atoms with E-state index in [4.69, 9.17) is 9.47 Å². The van der Waals surface area contributed by atoms with Crippen LogP contribution in [0.25, 0.3) is 0 Å². The lowest BCUT2D eigenvalue weighted by Crippen LogP contribution is -2.31. The van der Waals surface area contributed by atoms with Gasteiger partial charge >= 0.3 is 0 Å². The van der Waals surface area contributed by atoms with Crippen LogP contribution in [0.15, 0.2) is 60.0 Å². The Morgan fingerprint density at radius 3 is 2.60 bits per heavy atom. The van der Waals surface area contributed by atoms with E-state index >= 15 is 0 Å². The number of fused-ring (bicyclic) bond motifs is 1. The van der Waals surface area contributed by atoms with Gasteiger partial charge in [-0.25, -0.2) is 0 Å². The molecule has 1 aliphatic rings. The van der Waals surface area contributed by atoms with Gasteiger partial charge in [0.1, 0.15) is 0 Å². The van der Waals surface area contributed by atoms with Gasteiger partial charge in [-0.15, -0.1) is 11.3 Å². The quantitative estimate of drug-likeness (QED) is 0.609. The monoisotopic (exact) mass is 422 g/mol. The Bertz CT molecular complexity index is 1060. The minimum atomic E-state index is -0.329. The van der Waals surface area contributed by atoms with Crippen LogP contribution in [-0.4, -0.2) is 30.9 Å². The molecule has 0 radical (unpaired) electrons. The molecule has 3 aromatic rings. The SMILES string of the molecule is COc1ccc(NC(=O)C[C@@H](c2cccs2)N2Cc3ccccc3C2=O)cc1OC. The molecular weight excluding hydrogens is 400 g/mol. The summed E-state index contributed by atoms with van der Waals surface area (Å²) in [5, 5.41) is 4.87. The number of thiophene rings is 1. The fraction of sp³-hybridized carbons (Fsp3) is 0.217. The Kier molecular flexibility index (Phi) is 5.72. The predicted octanol–water partition coefficient (Wildman–Crippen LogP) is 4.49. The van der Waals surface area contributed by atoms with Crippen molar-refractivity contribution in [1.82, 2.24) is 4.90 Å². The third kappa shape index (κ3) is 3.89. The van der Waals surface area contributed by atoms with Crippen LogP contribution in [0.5, 0.6) is 11.5 Å². The summed E-state index contributed by atoms with van der Waals surface area (Å²) in [7, 11) is 3.11. The van der Waals surface area contributed by atoms with Crippen molar-refractivity contribution >= 4 is 28.8 Å². The molecule has 1 aromatic heterocycles. The number of anilines is 1. The summed E-state index contributed by atoms with van der Waals surface area (Å²) in [4.78, 5) is 28.7. The van der Waals surface area contributed by atoms with E-state index in [1.54, 1.807) is 48.7 Å². The average molecular weight is 423 g/mol. The third-order valence-electron chi connectivity index (χ3n) is 5.14. The molecule has 0 saturated carbocycles. The summed E-state index contributed by atoms with van der Waals surface area (Å²) in [5.41, 5.74) is 2.31. The highest BCUT2D eigenvalue weighted by atomic mass is 32.1. The van der Waals surface area contributed by atoms with Gasteiger partial charge in [0.15, 0.2) is 11.5 Å². The molecule has 154 valence electrons. The lowest BCUT2D eigenvalue weighted by atomic mass is 10.1. The number of carbonyl (C=O) groups is 2. The van der Waals surface area contributed by atoms with Gasteiger partial charge in [-0.3, -0.25) is 9.59 Å². The lowest BCUT2D eigenvalue weighted by Gasteiger charge is -2.26. The number of methoxy groups -OCH3 is 2. The summed E-state index contributed by atoms with van der Waals surface area (Å²) in [6.07, 6.45) is 0.161. The van der Waals surface area contributed by atoms with Crippen LogP contribution in [0.3, 0.4) is 0 Å². The van der Waals surface area contributed by atoms with Crippen molar-refractivity contribution in [3.63, 3.8) is 0 Å². The number of hydrogen-bond acceptors (Lipinski definition) is 5. The molecule has 1 atom stereocenters. The van der Waals surface area contributed by atoms with Crippen molar-refractivity contribution in [3.8, 4) is 11.5 Å². The number of ether oxygens (including phenoxy) is 2. The Labute approximate surface area is 179 Å². The maximum atomic E-state index is 13.0. The molecule has 30 heavy (non-hydrogen) atoms. The highest BCUT2D eigenvalue weighted by molar-refractivity contribution is 7.10. The molecule has 7 heteroatoms. The second kappa shape index (κ2) is 8.59. The average Bonchev–Trinajstić information content (AvgIpc) is 3.41. The van der Waals surface area contributed by atoms with Crippen LogP contribution in [0, 0.1) is 0 Å². The van der Waals surface area contributed by atoms with Gasteiger partial charge in [-0.1, -0.05) is 24.3 Å². The summed E-state index contributed by atoms with van der Waals surface area (Å²) < 4.78 is 10.5. The van der Waals surface area contributed by atoms with Crippen molar-refractivity contribution in [3.05, 3.63) is 76.0 Å². The molecule has 2 aromatic carbocycles. The number of nitrogens with zero attached hydrogens (tertiary/aromatic N) is 1. The molecule has 0 spiro atoms. The molecule has 6 nitrogen and oxygen atoms in total. The highest BCUT2D eigenvalue weighted by Gasteiger charge is 2.34. The van der Waals surface area contributed by atoms with Crippen molar-refractivity contribution in [2.45, 2.75) is 19.0 Å². The smallest absolute Gasteiger partial charge is 0.255 e. The van der Waals surface area contributed by atoms with Crippen LogP contribution >= 0.6 is 11.3 Å². The molecular formula is C23H22N2O4S. The Balaban J connectivity index is 1.54. The molecule has 0 bridgehead atoms. The van der Waals surface area contributed by atoms with Crippen LogP contribution in [0.2, 0.25) is 0 Å². The molecule has 2 amide bonds. The largest absolute Gasteiger partial charge is 0.493 e. The van der Waals surface area contributed by atoms with Gasteiger partial charge in [0.25, 0.3) is 5.91 Å². The first kappa shape index (κ1) is 20.0. The van der Waals surface area contributed by atoms with Gasteiger partial charge in [-0.05, 0) is 35.2 Å². The Morgan fingerprint density at radius 2 is 1.90 bits per heavy atom. The number of hydrogen-bond donors (Lipinski definition) is 1. The zero-order chi connectivity index (χ0) is 21.1. The van der Waals surface area contributed by atoms with Crippen molar-refractivity contribution < 1.29 is 19.1 Å². The summed E-state index contributed by atoms with van der Waals surface area (Å²) >= 11 is 1.55. The molecule has 0 saturated heterocycles. The molecule has 4 rings (SSSR count). The van der Waals surface area contributed by atoms with E-state index in [2.05, 4.69) is 5.32 Å². The number of carbonyl (C=O) groups excluding carboxylic acids is 2. The molecule has 1 N–H and O–H groups in total. The highest BCUT2D eigenvalue weighted by Crippen LogP contribution is 2.36. The standard InChI is InChI=1S/C23H22N2O4S/c1-28-19-10-9-16(12-20(19)29-2)24-22(26)13-18(21-8-5-11-30-21)25-14-15-6-3-4-7-17(15)23(25)27/h3-12,18H,13-14H2,1-2H3,(H,24,26)/t18-/m0/s1. The van der Waals surface area contributed by atoms with Crippen molar-refractivity contribution in [2.24, 2.45) is 0 Å². The zero-order valence-electron chi connectivity index (χ0n) is 16.8. The van der Waals surface area contributed by atoms with Gasteiger partial charge < -0.3 is 19.7 Å². The van der Waals surface area contributed by atoms with Crippen LogP contribution in [-0.2, 0) is 11.3 Å². The summed E-state index contributed by atoms with van der Waals surface area (Å²) in [6.45, 7) is 0.501. The van der Waals surface area contributed by atoms with E-state index in [0.29, 0.717) is 29.3 Å². The van der Waals surface area contributed by atoms with E-state index in [1.807, 2.05) is 41.8 Å². The maximum absolute atomic E-state index is 13.0. The normalized spacial score (nSPS) is 13.7. The first-order valence-electron chi connectivity index (χ1n) is 9.55. The molecule has 0 fully saturated rings. The van der Waals surface area contributed by atoms with Gasteiger partial charge in [0, 0.05) is 28.7 Å². The topological polar surface area (TPSA) is 67.9 Å². The van der Waals surface area contributed by atoms with Gasteiger partial charge in [-0.2, -0.15) is 0 Å².